The fourth-order valence-electron chi connectivity index (χ4n) is 2.57. The number of hydrogen-bond donors (Lipinski definition) is 1. The molecule has 3 rings (SSSR count). The third-order valence-corrected chi connectivity index (χ3v) is 4.13. The van der Waals surface area contributed by atoms with E-state index in [1.54, 1.807) is 36.4 Å². The number of nitrogens with zero attached hydrogens (tertiary/aromatic N) is 2. The average Bonchev–Trinajstić information content (AvgIpc) is 3.05. The molecule has 0 fully saturated rings. The van der Waals surface area contributed by atoms with E-state index in [1.165, 1.54) is 0 Å². The van der Waals surface area contributed by atoms with Crippen LogP contribution in [0.2, 0.25) is 5.02 Å². The van der Waals surface area contributed by atoms with Gasteiger partial charge >= 0.3 is 0 Å². The Hall–Kier alpha value is -2.70. The Balaban J connectivity index is 2.05. The molecule has 0 amide bonds. The maximum absolute atomic E-state index is 12.2. The molecule has 0 aliphatic heterocycles. The van der Waals surface area contributed by atoms with Crippen LogP contribution in [0.4, 0.5) is 5.69 Å². The molecule has 0 saturated carbocycles. The number of likely N-dealkylation sites (N-methyl/N-ethyl adjacent to an activating group) is 1. The summed E-state index contributed by atoms with van der Waals surface area (Å²) in [5, 5.41) is 3.79. The van der Waals surface area contributed by atoms with E-state index in [0.717, 1.165) is 12.1 Å². The van der Waals surface area contributed by atoms with Crippen molar-refractivity contribution in [3.05, 3.63) is 47.0 Å². The first kappa shape index (κ1) is 18.1. The van der Waals surface area contributed by atoms with E-state index >= 15 is 0 Å². The molecule has 3 aromatic rings. The van der Waals surface area contributed by atoms with Gasteiger partial charge in [0.2, 0.25) is 11.7 Å². The minimum Gasteiger partial charge on any atom is -0.435 e. The van der Waals surface area contributed by atoms with Gasteiger partial charge in [-0.1, -0.05) is 11.6 Å². The summed E-state index contributed by atoms with van der Waals surface area (Å²) < 4.78 is 5.83. The standard InChI is InChI=1S/C19H18ClN3O3/c1-23(2)10-9-21-14-7-8-15-18(17(14)16(25)11-24)26-19(22-15)12-3-5-13(20)6-4-12/h3-8,11,21H,9-10H2,1-2H3. The van der Waals surface area contributed by atoms with Gasteiger partial charge in [-0.15, -0.1) is 0 Å². The van der Waals surface area contributed by atoms with Crippen molar-refractivity contribution in [1.82, 2.24) is 9.88 Å². The monoisotopic (exact) mass is 371 g/mol. The van der Waals surface area contributed by atoms with Crippen LogP contribution in [0.25, 0.3) is 22.6 Å². The van der Waals surface area contributed by atoms with Gasteiger partial charge in [-0.25, -0.2) is 4.98 Å². The van der Waals surface area contributed by atoms with Crippen LogP contribution in [0.1, 0.15) is 10.4 Å². The van der Waals surface area contributed by atoms with Crippen molar-refractivity contribution in [3.63, 3.8) is 0 Å². The van der Waals surface area contributed by atoms with E-state index in [4.69, 9.17) is 16.0 Å². The highest BCUT2D eigenvalue weighted by molar-refractivity contribution is 6.37. The van der Waals surface area contributed by atoms with E-state index in [9.17, 15) is 9.59 Å². The quantitative estimate of drug-likeness (QED) is 0.389. The fraction of sp³-hybridized carbons (Fsp3) is 0.211. The predicted octanol–water partition coefficient (Wildman–Crippen LogP) is 3.50. The summed E-state index contributed by atoms with van der Waals surface area (Å²) in [6, 6.07) is 10.5. The van der Waals surface area contributed by atoms with Gasteiger partial charge in [0.1, 0.15) is 5.52 Å². The van der Waals surface area contributed by atoms with E-state index < -0.39 is 5.78 Å². The smallest absolute Gasteiger partial charge is 0.231 e. The third kappa shape index (κ3) is 3.76. The first-order chi connectivity index (χ1) is 12.5. The molecule has 0 atom stereocenters. The lowest BCUT2D eigenvalue weighted by molar-refractivity contribution is -0.104. The summed E-state index contributed by atoms with van der Waals surface area (Å²) in [5.74, 6) is -0.288. The number of hydrogen-bond acceptors (Lipinski definition) is 6. The molecule has 0 saturated heterocycles. The zero-order valence-corrected chi connectivity index (χ0v) is 15.2. The molecular weight excluding hydrogens is 354 g/mol. The van der Waals surface area contributed by atoms with E-state index in [1.807, 2.05) is 19.0 Å². The average molecular weight is 372 g/mol. The van der Waals surface area contributed by atoms with Gasteiger partial charge < -0.3 is 14.6 Å². The largest absolute Gasteiger partial charge is 0.435 e. The Labute approximate surface area is 155 Å². The number of nitrogens with one attached hydrogen (secondary N) is 1. The predicted molar refractivity (Wildman–Crippen MR) is 102 cm³/mol. The zero-order valence-electron chi connectivity index (χ0n) is 14.5. The van der Waals surface area contributed by atoms with E-state index in [2.05, 4.69) is 10.3 Å². The molecule has 1 N–H and O–H groups in total. The van der Waals surface area contributed by atoms with Gasteiger partial charge in [0, 0.05) is 29.4 Å². The highest BCUT2D eigenvalue weighted by atomic mass is 35.5. The van der Waals surface area contributed by atoms with E-state index in [-0.39, 0.29) is 11.8 Å². The molecule has 7 heteroatoms. The van der Waals surface area contributed by atoms with Crippen molar-refractivity contribution in [2.24, 2.45) is 0 Å². The minimum atomic E-state index is -0.651. The van der Waals surface area contributed by atoms with Crippen LogP contribution >= 0.6 is 11.6 Å². The van der Waals surface area contributed by atoms with E-state index in [0.29, 0.717) is 34.2 Å². The Morgan fingerprint density at radius 3 is 2.62 bits per heavy atom. The Bertz CT molecular complexity index is 949. The van der Waals surface area contributed by atoms with Gasteiger partial charge in [-0.2, -0.15) is 0 Å². The number of halogens is 1. The number of ketones is 1. The van der Waals surface area contributed by atoms with Crippen LogP contribution in [0.3, 0.4) is 0 Å². The van der Waals surface area contributed by atoms with Crippen LogP contribution in [0, 0.1) is 0 Å². The Morgan fingerprint density at radius 1 is 1.23 bits per heavy atom. The second-order valence-electron chi connectivity index (χ2n) is 6.07. The molecule has 0 spiro atoms. The first-order valence-corrected chi connectivity index (χ1v) is 8.45. The number of rotatable bonds is 7. The van der Waals surface area contributed by atoms with Crippen LogP contribution in [-0.4, -0.2) is 49.1 Å². The molecule has 2 aromatic carbocycles. The highest BCUT2D eigenvalue weighted by Gasteiger charge is 2.20. The number of aldehydes is 1. The number of carbonyl (C=O) groups excluding carboxylic acids is 2. The van der Waals surface area contributed by atoms with Crippen molar-refractivity contribution in [2.45, 2.75) is 0 Å². The number of Topliss-reactive ketones (excluding diaryl/α,β-unsaturated/α-hetero) is 1. The number of benzene rings is 2. The lowest BCUT2D eigenvalue weighted by Gasteiger charge is -2.13. The number of fused-ring (bicyclic) bond motifs is 1. The molecule has 1 heterocycles. The van der Waals surface area contributed by atoms with Crippen LogP contribution < -0.4 is 5.32 Å². The number of anilines is 1. The highest BCUT2D eigenvalue weighted by Crippen LogP contribution is 2.31. The minimum absolute atomic E-state index is 0.198. The van der Waals surface area contributed by atoms with Crippen molar-refractivity contribution in [3.8, 4) is 11.5 Å². The summed E-state index contributed by atoms with van der Waals surface area (Å²) in [4.78, 5) is 29.8. The summed E-state index contributed by atoms with van der Waals surface area (Å²) in [6.45, 7) is 1.40. The Kier molecular flexibility index (Phi) is 5.35. The van der Waals surface area contributed by atoms with Gasteiger partial charge in [0.15, 0.2) is 11.9 Å². The Morgan fingerprint density at radius 2 is 1.96 bits per heavy atom. The van der Waals surface area contributed by atoms with Crippen LogP contribution in [0.5, 0.6) is 0 Å². The van der Waals surface area contributed by atoms with Crippen molar-refractivity contribution >= 4 is 40.5 Å². The third-order valence-electron chi connectivity index (χ3n) is 3.88. The lowest BCUT2D eigenvalue weighted by Crippen LogP contribution is -2.21. The molecule has 1 aromatic heterocycles. The first-order valence-electron chi connectivity index (χ1n) is 8.07. The molecule has 0 radical (unpaired) electrons. The topological polar surface area (TPSA) is 75.4 Å². The molecule has 0 bridgehead atoms. The lowest BCUT2D eigenvalue weighted by atomic mass is 10.1. The normalized spacial score (nSPS) is 11.1. The van der Waals surface area contributed by atoms with Crippen LogP contribution in [0.15, 0.2) is 40.8 Å². The second-order valence-corrected chi connectivity index (χ2v) is 6.51. The van der Waals surface area contributed by atoms with Crippen molar-refractivity contribution < 1.29 is 14.0 Å². The van der Waals surface area contributed by atoms with Crippen molar-refractivity contribution in [1.29, 1.82) is 0 Å². The molecular formula is C19H18ClN3O3. The fourth-order valence-corrected chi connectivity index (χ4v) is 2.70. The zero-order chi connectivity index (χ0) is 18.7. The maximum Gasteiger partial charge on any atom is 0.231 e. The molecule has 0 aliphatic rings. The number of aromatic nitrogens is 1. The maximum atomic E-state index is 12.2. The molecule has 0 aliphatic carbocycles. The van der Waals surface area contributed by atoms with Gasteiger partial charge in [-0.05, 0) is 50.5 Å². The SMILES string of the molecule is CN(C)CCNc1ccc2nc(-c3ccc(Cl)cc3)oc2c1C(=O)C=O. The second kappa shape index (κ2) is 7.68. The summed E-state index contributed by atoms with van der Waals surface area (Å²) in [7, 11) is 3.91. The van der Waals surface area contributed by atoms with Gasteiger partial charge in [0.05, 0.1) is 5.56 Å². The molecule has 134 valence electrons. The molecule has 26 heavy (non-hydrogen) atoms. The van der Waals surface area contributed by atoms with Crippen LogP contribution in [-0.2, 0) is 4.79 Å². The summed E-state index contributed by atoms with van der Waals surface area (Å²) in [6.07, 6.45) is 0.288. The molecule has 6 nitrogen and oxygen atoms in total. The summed E-state index contributed by atoms with van der Waals surface area (Å²) in [5.41, 5.74) is 2.29. The summed E-state index contributed by atoms with van der Waals surface area (Å²) >= 11 is 5.91. The molecule has 0 unspecified atom stereocenters. The number of oxazole rings is 1. The van der Waals surface area contributed by atoms with Crippen molar-refractivity contribution in [2.75, 3.05) is 32.5 Å². The van der Waals surface area contributed by atoms with Gasteiger partial charge in [0.25, 0.3) is 0 Å². The van der Waals surface area contributed by atoms with Gasteiger partial charge in [-0.3, -0.25) is 9.59 Å². The number of carbonyl (C=O) groups is 2.